The first-order valence-corrected chi connectivity index (χ1v) is 4.00. The molecule has 0 aliphatic rings. The number of aryl methyl sites for hydroxylation is 1. The molecule has 0 aromatic carbocycles. The summed E-state index contributed by atoms with van der Waals surface area (Å²) in [5.41, 5.74) is 0. The first kappa shape index (κ1) is 8.02. The van der Waals surface area contributed by atoms with Crippen molar-refractivity contribution in [1.29, 1.82) is 0 Å². The summed E-state index contributed by atoms with van der Waals surface area (Å²) in [6.07, 6.45) is 0. The van der Waals surface area contributed by atoms with Crippen molar-refractivity contribution >= 4 is 11.3 Å². The average Bonchev–Trinajstić information content (AvgIpc) is 2.26. The van der Waals surface area contributed by atoms with Crippen molar-refractivity contribution < 1.29 is 0 Å². The van der Waals surface area contributed by atoms with Crippen LogP contribution < -0.4 is 4.87 Å². The summed E-state index contributed by atoms with van der Waals surface area (Å²) in [6.45, 7) is 3.95. The Morgan fingerprint density at radius 2 is 2.45 bits per heavy atom. The standard InChI is InChI=1S/C7H8N2OS/c1-3-4-5-9-7(10)11-6(2)8-9/h5H2,1-2H3. The molecule has 0 fully saturated rings. The third-order valence-electron chi connectivity index (χ3n) is 1.11. The van der Waals surface area contributed by atoms with Crippen molar-refractivity contribution in [3.8, 4) is 11.8 Å². The lowest BCUT2D eigenvalue weighted by molar-refractivity contribution is 0.684. The number of nitrogens with zero attached hydrogens (tertiary/aromatic N) is 2. The van der Waals surface area contributed by atoms with Crippen molar-refractivity contribution in [2.75, 3.05) is 0 Å². The molecule has 1 rings (SSSR count). The first-order valence-electron chi connectivity index (χ1n) is 3.18. The fourth-order valence-corrected chi connectivity index (χ4v) is 1.27. The van der Waals surface area contributed by atoms with Crippen LogP contribution in [0.1, 0.15) is 11.9 Å². The molecule has 58 valence electrons. The predicted molar refractivity (Wildman–Crippen MR) is 44.6 cm³/mol. The van der Waals surface area contributed by atoms with Gasteiger partial charge >= 0.3 is 4.87 Å². The molecule has 1 aromatic heterocycles. The topological polar surface area (TPSA) is 34.9 Å². The van der Waals surface area contributed by atoms with E-state index in [2.05, 4.69) is 16.9 Å². The molecule has 0 saturated heterocycles. The van der Waals surface area contributed by atoms with Gasteiger partial charge in [0.2, 0.25) is 0 Å². The normalized spacial score (nSPS) is 8.91. The SMILES string of the molecule is CC#CCn1nc(C)sc1=O. The highest BCUT2D eigenvalue weighted by atomic mass is 32.1. The van der Waals surface area contributed by atoms with Crippen molar-refractivity contribution in [1.82, 2.24) is 9.78 Å². The summed E-state index contributed by atoms with van der Waals surface area (Å²) in [7, 11) is 0. The van der Waals surface area contributed by atoms with Gasteiger partial charge in [-0.15, -0.1) is 5.92 Å². The predicted octanol–water partition coefficient (Wildman–Crippen LogP) is 0.637. The molecule has 0 N–H and O–H groups in total. The van der Waals surface area contributed by atoms with E-state index in [-0.39, 0.29) is 4.87 Å². The number of aromatic nitrogens is 2. The maximum atomic E-state index is 11.0. The van der Waals surface area contributed by atoms with Crippen LogP contribution in [0.15, 0.2) is 4.79 Å². The van der Waals surface area contributed by atoms with Crippen molar-refractivity contribution in [2.24, 2.45) is 0 Å². The minimum absolute atomic E-state index is 0.0368. The van der Waals surface area contributed by atoms with E-state index in [1.54, 1.807) is 6.92 Å². The fraction of sp³-hybridized carbons (Fsp3) is 0.429. The molecule has 1 aromatic rings. The van der Waals surface area contributed by atoms with Crippen LogP contribution in [0.2, 0.25) is 0 Å². The highest BCUT2D eigenvalue weighted by molar-refractivity contribution is 7.08. The molecule has 3 nitrogen and oxygen atoms in total. The third-order valence-corrected chi connectivity index (χ3v) is 1.88. The second-order valence-corrected chi connectivity index (χ2v) is 3.12. The Morgan fingerprint density at radius 3 is 2.91 bits per heavy atom. The molecule has 0 unspecified atom stereocenters. The molecule has 0 aliphatic heterocycles. The molecule has 0 amide bonds. The molecule has 0 atom stereocenters. The molecule has 0 aliphatic carbocycles. The largest absolute Gasteiger partial charge is 0.325 e. The maximum Gasteiger partial charge on any atom is 0.325 e. The van der Waals surface area contributed by atoms with Gasteiger partial charge < -0.3 is 0 Å². The summed E-state index contributed by atoms with van der Waals surface area (Å²) in [5.74, 6) is 5.48. The van der Waals surface area contributed by atoms with Gasteiger partial charge in [-0.1, -0.05) is 17.3 Å². The zero-order valence-electron chi connectivity index (χ0n) is 6.42. The lowest BCUT2D eigenvalue weighted by Gasteiger charge is -1.86. The lowest BCUT2D eigenvalue weighted by atomic mass is 10.6. The van der Waals surface area contributed by atoms with E-state index in [4.69, 9.17) is 0 Å². The Bertz CT molecular complexity index is 352. The summed E-state index contributed by atoms with van der Waals surface area (Å²) in [6, 6.07) is 0. The second kappa shape index (κ2) is 3.35. The zero-order chi connectivity index (χ0) is 8.27. The van der Waals surface area contributed by atoms with E-state index in [1.165, 1.54) is 4.68 Å². The van der Waals surface area contributed by atoms with Gasteiger partial charge in [0.1, 0.15) is 11.6 Å². The Hall–Kier alpha value is -1.08. The minimum atomic E-state index is -0.0368. The summed E-state index contributed by atoms with van der Waals surface area (Å²) in [4.78, 5) is 11.0. The molecular weight excluding hydrogens is 160 g/mol. The summed E-state index contributed by atoms with van der Waals surface area (Å²) < 4.78 is 1.37. The van der Waals surface area contributed by atoms with Crippen molar-refractivity contribution in [2.45, 2.75) is 20.4 Å². The van der Waals surface area contributed by atoms with Crippen molar-refractivity contribution in [3.63, 3.8) is 0 Å². The van der Waals surface area contributed by atoms with Crippen LogP contribution in [0.4, 0.5) is 0 Å². The molecular formula is C7H8N2OS. The van der Waals surface area contributed by atoms with Gasteiger partial charge in [0.25, 0.3) is 0 Å². The van der Waals surface area contributed by atoms with Crippen LogP contribution in [-0.4, -0.2) is 9.78 Å². The Labute approximate surface area is 68.7 Å². The first-order chi connectivity index (χ1) is 5.24. The summed E-state index contributed by atoms with van der Waals surface area (Å²) in [5, 5.41) is 4.75. The van der Waals surface area contributed by atoms with Crippen LogP contribution in [0.3, 0.4) is 0 Å². The third kappa shape index (κ3) is 1.92. The van der Waals surface area contributed by atoms with E-state index >= 15 is 0 Å². The molecule has 11 heavy (non-hydrogen) atoms. The quantitative estimate of drug-likeness (QED) is 0.577. The molecule has 4 heteroatoms. The van der Waals surface area contributed by atoms with Gasteiger partial charge in [0.15, 0.2) is 0 Å². The van der Waals surface area contributed by atoms with Crippen LogP contribution in [0.25, 0.3) is 0 Å². The molecule has 1 heterocycles. The Balaban J connectivity index is 2.92. The van der Waals surface area contributed by atoms with E-state index < -0.39 is 0 Å². The van der Waals surface area contributed by atoms with Crippen LogP contribution >= 0.6 is 11.3 Å². The van der Waals surface area contributed by atoms with Gasteiger partial charge in [0, 0.05) is 0 Å². The summed E-state index contributed by atoms with van der Waals surface area (Å²) >= 11 is 1.15. The van der Waals surface area contributed by atoms with Gasteiger partial charge in [-0.25, -0.2) is 4.68 Å². The monoisotopic (exact) mass is 168 g/mol. The highest BCUT2D eigenvalue weighted by Gasteiger charge is 1.98. The zero-order valence-corrected chi connectivity index (χ0v) is 7.23. The number of hydrogen-bond donors (Lipinski definition) is 0. The van der Waals surface area contributed by atoms with Gasteiger partial charge in [0.05, 0.1) is 0 Å². The van der Waals surface area contributed by atoms with Gasteiger partial charge in [-0.05, 0) is 13.8 Å². The maximum absolute atomic E-state index is 11.0. The lowest BCUT2D eigenvalue weighted by Crippen LogP contribution is -2.13. The van der Waals surface area contributed by atoms with Gasteiger partial charge in [-0.3, -0.25) is 4.79 Å². The Morgan fingerprint density at radius 1 is 1.73 bits per heavy atom. The molecule has 0 radical (unpaired) electrons. The minimum Gasteiger partial charge on any atom is -0.255 e. The highest BCUT2D eigenvalue weighted by Crippen LogP contribution is 1.93. The number of hydrogen-bond acceptors (Lipinski definition) is 3. The van der Waals surface area contributed by atoms with E-state index in [1.807, 2.05) is 6.92 Å². The average molecular weight is 168 g/mol. The fourth-order valence-electron chi connectivity index (χ4n) is 0.664. The smallest absolute Gasteiger partial charge is 0.255 e. The van der Waals surface area contributed by atoms with Crippen molar-refractivity contribution in [3.05, 3.63) is 14.7 Å². The van der Waals surface area contributed by atoms with E-state index in [0.29, 0.717) is 6.54 Å². The molecule has 0 saturated carbocycles. The number of rotatable bonds is 1. The molecule has 0 bridgehead atoms. The van der Waals surface area contributed by atoms with Gasteiger partial charge in [-0.2, -0.15) is 5.10 Å². The Kier molecular flexibility index (Phi) is 2.44. The van der Waals surface area contributed by atoms with E-state index in [0.717, 1.165) is 16.3 Å². The molecule has 0 spiro atoms. The second-order valence-electron chi connectivity index (χ2n) is 1.97. The van der Waals surface area contributed by atoms with E-state index in [9.17, 15) is 4.79 Å². The van der Waals surface area contributed by atoms with Crippen LogP contribution in [-0.2, 0) is 6.54 Å². The van der Waals surface area contributed by atoms with Crippen LogP contribution in [0, 0.1) is 18.8 Å². The van der Waals surface area contributed by atoms with Crippen LogP contribution in [0.5, 0.6) is 0 Å².